The van der Waals surface area contributed by atoms with Crippen LogP contribution in [0.3, 0.4) is 0 Å². The molecule has 8 heteroatoms. The number of hydrogen-bond donors (Lipinski definition) is 2. The molecule has 1 amide bonds. The Morgan fingerprint density at radius 1 is 1.22 bits per heavy atom. The summed E-state index contributed by atoms with van der Waals surface area (Å²) in [7, 11) is 0. The Hall–Kier alpha value is -3.68. The van der Waals surface area contributed by atoms with Crippen molar-refractivity contribution in [1.82, 2.24) is 30.3 Å². The predicted molar refractivity (Wildman–Crippen MR) is 98.3 cm³/mol. The number of benzene rings is 1. The maximum atomic E-state index is 12.5. The van der Waals surface area contributed by atoms with Gasteiger partial charge in [0.05, 0.1) is 11.7 Å². The lowest BCUT2D eigenvalue weighted by Gasteiger charge is -2.14. The van der Waals surface area contributed by atoms with Crippen molar-refractivity contribution in [3.8, 4) is 17.1 Å². The molecular weight excluding hydrogens is 344 g/mol. The standard InChI is InChI=1S/C19H18N6O2/c1-12-3-8-18(27-12)16-9-17(24-23-16)19(26)22-13(2)14-4-6-15(7-5-14)25-11-20-10-21-25/h3-11,13H,1-2H3,(H,22,26)(H,23,24). The van der Waals surface area contributed by atoms with Gasteiger partial charge in [0.25, 0.3) is 5.91 Å². The zero-order valence-corrected chi connectivity index (χ0v) is 14.9. The molecule has 27 heavy (non-hydrogen) atoms. The summed E-state index contributed by atoms with van der Waals surface area (Å²) in [6.07, 6.45) is 3.12. The molecule has 0 radical (unpaired) electrons. The van der Waals surface area contributed by atoms with Gasteiger partial charge in [0, 0.05) is 6.07 Å². The molecule has 1 atom stereocenters. The fourth-order valence-corrected chi connectivity index (χ4v) is 2.75. The molecule has 3 aromatic heterocycles. The zero-order chi connectivity index (χ0) is 18.8. The first-order valence-electron chi connectivity index (χ1n) is 8.48. The third-order valence-electron chi connectivity index (χ3n) is 4.24. The predicted octanol–water partition coefficient (Wildman–Crippen LogP) is 3.05. The maximum Gasteiger partial charge on any atom is 0.272 e. The number of amides is 1. The molecule has 0 bridgehead atoms. The minimum Gasteiger partial charge on any atom is -0.460 e. The quantitative estimate of drug-likeness (QED) is 0.568. The molecular formula is C19H18N6O2. The number of carbonyl (C=O) groups excluding carboxylic acids is 1. The SMILES string of the molecule is Cc1ccc(-c2cc(C(=O)NC(C)c3ccc(-n4cncn4)cc3)n[nH]2)o1. The van der Waals surface area contributed by atoms with Crippen LogP contribution in [0, 0.1) is 6.92 Å². The van der Waals surface area contributed by atoms with Crippen molar-refractivity contribution in [3.05, 3.63) is 72.1 Å². The third-order valence-corrected chi connectivity index (χ3v) is 4.24. The number of rotatable bonds is 5. The number of nitrogens with zero attached hydrogens (tertiary/aromatic N) is 4. The van der Waals surface area contributed by atoms with E-state index in [4.69, 9.17) is 4.42 Å². The van der Waals surface area contributed by atoms with Gasteiger partial charge in [0.2, 0.25) is 0 Å². The molecule has 0 saturated heterocycles. The second-order valence-corrected chi connectivity index (χ2v) is 6.20. The Kier molecular flexibility index (Phi) is 4.29. The Morgan fingerprint density at radius 2 is 2.04 bits per heavy atom. The van der Waals surface area contributed by atoms with Crippen LogP contribution in [0.5, 0.6) is 0 Å². The van der Waals surface area contributed by atoms with E-state index in [2.05, 4.69) is 25.6 Å². The van der Waals surface area contributed by atoms with E-state index in [0.29, 0.717) is 17.1 Å². The molecule has 1 aromatic carbocycles. The number of hydrogen-bond acceptors (Lipinski definition) is 5. The van der Waals surface area contributed by atoms with Gasteiger partial charge >= 0.3 is 0 Å². The topological polar surface area (TPSA) is 102 Å². The van der Waals surface area contributed by atoms with Gasteiger partial charge < -0.3 is 9.73 Å². The summed E-state index contributed by atoms with van der Waals surface area (Å²) in [6.45, 7) is 3.79. The highest BCUT2D eigenvalue weighted by atomic mass is 16.3. The van der Waals surface area contributed by atoms with E-state index in [1.165, 1.54) is 6.33 Å². The fourth-order valence-electron chi connectivity index (χ4n) is 2.75. The molecule has 4 aromatic rings. The largest absolute Gasteiger partial charge is 0.460 e. The first-order chi connectivity index (χ1) is 13.1. The summed E-state index contributed by atoms with van der Waals surface area (Å²) < 4.78 is 7.22. The fraction of sp³-hybridized carbons (Fsp3) is 0.158. The van der Waals surface area contributed by atoms with Crippen LogP contribution >= 0.6 is 0 Å². The molecule has 0 aliphatic rings. The second kappa shape index (κ2) is 6.91. The normalized spacial score (nSPS) is 12.1. The van der Waals surface area contributed by atoms with Crippen LogP contribution in [0.4, 0.5) is 0 Å². The number of carbonyl (C=O) groups is 1. The van der Waals surface area contributed by atoms with E-state index >= 15 is 0 Å². The Labute approximate surface area is 155 Å². The summed E-state index contributed by atoms with van der Waals surface area (Å²) in [4.78, 5) is 16.4. The van der Waals surface area contributed by atoms with Crippen LogP contribution in [0.25, 0.3) is 17.1 Å². The number of aromatic nitrogens is 5. The Bertz CT molecular complexity index is 1050. The number of nitrogens with one attached hydrogen (secondary N) is 2. The first kappa shape index (κ1) is 16.8. The lowest BCUT2D eigenvalue weighted by atomic mass is 10.1. The lowest BCUT2D eigenvalue weighted by molar-refractivity contribution is 0.0935. The third kappa shape index (κ3) is 3.50. The van der Waals surface area contributed by atoms with E-state index in [1.54, 1.807) is 17.1 Å². The van der Waals surface area contributed by atoms with Crippen molar-refractivity contribution in [2.45, 2.75) is 19.9 Å². The summed E-state index contributed by atoms with van der Waals surface area (Å²) >= 11 is 0. The number of aromatic amines is 1. The number of aryl methyl sites for hydroxylation is 1. The van der Waals surface area contributed by atoms with Crippen LogP contribution < -0.4 is 5.32 Å². The van der Waals surface area contributed by atoms with Gasteiger partial charge in [-0.2, -0.15) is 10.2 Å². The smallest absolute Gasteiger partial charge is 0.272 e. The summed E-state index contributed by atoms with van der Waals surface area (Å²) in [5.74, 6) is 1.19. The lowest BCUT2D eigenvalue weighted by Crippen LogP contribution is -2.26. The van der Waals surface area contributed by atoms with Crippen LogP contribution in [0.2, 0.25) is 0 Å². The number of H-pyrrole nitrogens is 1. The van der Waals surface area contributed by atoms with Gasteiger partial charge in [0.15, 0.2) is 11.5 Å². The van der Waals surface area contributed by atoms with Crippen LogP contribution in [0.15, 0.2) is 59.5 Å². The van der Waals surface area contributed by atoms with Crippen molar-refractivity contribution < 1.29 is 9.21 Å². The summed E-state index contributed by atoms with van der Waals surface area (Å²) in [5, 5.41) is 14.0. The van der Waals surface area contributed by atoms with Gasteiger partial charge in [-0.3, -0.25) is 9.89 Å². The number of furan rings is 1. The van der Waals surface area contributed by atoms with E-state index in [1.807, 2.05) is 50.2 Å². The van der Waals surface area contributed by atoms with E-state index < -0.39 is 0 Å². The molecule has 0 spiro atoms. The molecule has 0 aliphatic carbocycles. The van der Waals surface area contributed by atoms with Crippen molar-refractivity contribution in [2.24, 2.45) is 0 Å². The molecule has 4 rings (SSSR count). The minimum atomic E-state index is -0.256. The van der Waals surface area contributed by atoms with Gasteiger partial charge in [-0.25, -0.2) is 9.67 Å². The van der Waals surface area contributed by atoms with Crippen LogP contribution in [-0.2, 0) is 0 Å². The van der Waals surface area contributed by atoms with Crippen LogP contribution in [-0.4, -0.2) is 30.9 Å². The molecule has 2 N–H and O–H groups in total. The van der Waals surface area contributed by atoms with Crippen molar-refractivity contribution in [3.63, 3.8) is 0 Å². The highest BCUT2D eigenvalue weighted by molar-refractivity contribution is 5.93. The van der Waals surface area contributed by atoms with Gasteiger partial charge in [-0.1, -0.05) is 12.1 Å². The highest BCUT2D eigenvalue weighted by Crippen LogP contribution is 2.21. The minimum absolute atomic E-state index is 0.173. The zero-order valence-electron chi connectivity index (χ0n) is 14.9. The second-order valence-electron chi connectivity index (χ2n) is 6.20. The molecule has 0 saturated carbocycles. The molecule has 8 nitrogen and oxygen atoms in total. The van der Waals surface area contributed by atoms with E-state index in [-0.39, 0.29) is 11.9 Å². The average molecular weight is 362 g/mol. The maximum absolute atomic E-state index is 12.5. The van der Waals surface area contributed by atoms with Gasteiger partial charge in [-0.15, -0.1) is 0 Å². The van der Waals surface area contributed by atoms with Gasteiger partial charge in [-0.05, 0) is 43.7 Å². The Morgan fingerprint density at radius 3 is 2.70 bits per heavy atom. The summed E-state index contributed by atoms with van der Waals surface area (Å²) in [6, 6.07) is 13.0. The van der Waals surface area contributed by atoms with Crippen LogP contribution in [0.1, 0.15) is 34.8 Å². The molecule has 0 aliphatic heterocycles. The van der Waals surface area contributed by atoms with E-state index in [0.717, 1.165) is 17.0 Å². The van der Waals surface area contributed by atoms with Crippen molar-refractivity contribution >= 4 is 5.91 Å². The average Bonchev–Trinajstić information content (AvgIpc) is 3.43. The first-order valence-corrected chi connectivity index (χ1v) is 8.48. The van der Waals surface area contributed by atoms with E-state index in [9.17, 15) is 4.79 Å². The monoisotopic (exact) mass is 362 g/mol. The summed E-state index contributed by atoms with van der Waals surface area (Å²) in [5.41, 5.74) is 2.85. The van der Waals surface area contributed by atoms with Crippen molar-refractivity contribution in [1.29, 1.82) is 0 Å². The molecule has 0 fully saturated rings. The molecule has 3 heterocycles. The molecule has 136 valence electrons. The Balaban J connectivity index is 1.44. The van der Waals surface area contributed by atoms with Crippen molar-refractivity contribution in [2.75, 3.05) is 0 Å². The molecule has 1 unspecified atom stereocenters. The highest BCUT2D eigenvalue weighted by Gasteiger charge is 2.16. The van der Waals surface area contributed by atoms with Gasteiger partial charge in [0.1, 0.15) is 24.1 Å².